The van der Waals surface area contributed by atoms with Gasteiger partial charge in [-0.25, -0.2) is 0 Å². The molecule has 1 aliphatic rings. The summed E-state index contributed by atoms with van der Waals surface area (Å²) in [6, 6.07) is 9.61. The molecule has 0 amide bonds. The van der Waals surface area contributed by atoms with Crippen LogP contribution in [0.2, 0.25) is 0 Å². The molecule has 1 N–H and O–H groups in total. The number of nitrogens with zero attached hydrogens (tertiary/aromatic N) is 4. The van der Waals surface area contributed by atoms with Gasteiger partial charge in [0.25, 0.3) is 0 Å². The van der Waals surface area contributed by atoms with E-state index in [2.05, 4.69) is 20.6 Å². The van der Waals surface area contributed by atoms with Gasteiger partial charge in [-0.15, -0.1) is 15.3 Å². The predicted molar refractivity (Wildman–Crippen MR) is 70.7 cm³/mol. The van der Waals surface area contributed by atoms with E-state index in [1.165, 1.54) is 0 Å². The SMILES string of the molecule is c1cc2c(cc1CNc1ccc3nncn3n1)OCO2. The first-order valence-corrected chi connectivity index (χ1v) is 6.18. The molecule has 0 atom stereocenters. The lowest BCUT2D eigenvalue weighted by Crippen LogP contribution is -2.03. The number of hydrogen-bond donors (Lipinski definition) is 1. The molecule has 20 heavy (non-hydrogen) atoms. The van der Waals surface area contributed by atoms with Crippen molar-refractivity contribution in [1.82, 2.24) is 19.8 Å². The zero-order valence-corrected chi connectivity index (χ0v) is 10.5. The van der Waals surface area contributed by atoms with E-state index in [9.17, 15) is 0 Å². The second-order valence-corrected chi connectivity index (χ2v) is 4.39. The first-order chi connectivity index (χ1) is 9.88. The number of benzene rings is 1. The number of anilines is 1. The summed E-state index contributed by atoms with van der Waals surface area (Å²) in [5.41, 5.74) is 1.82. The Kier molecular flexibility index (Phi) is 2.41. The summed E-state index contributed by atoms with van der Waals surface area (Å²) in [4.78, 5) is 0. The standard InChI is InChI=1S/C13H11N5O2/c1-2-10-11(20-8-19-10)5-9(1)6-14-12-3-4-13-16-15-7-18(13)17-12/h1-5,7H,6,8H2,(H,14,17). The number of aromatic nitrogens is 4. The third kappa shape index (κ3) is 1.89. The largest absolute Gasteiger partial charge is 0.454 e. The summed E-state index contributed by atoms with van der Waals surface area (Å²) in [6.07, 6.45) is 1.57. The van der Waals surface area contributed by atoms with Gasteiger partial charge in [0.1, 0.15) is 12.1 Å². The van der Waals surface area contributed by atoms with E-state index in [-0.39, 0.29) is 6.79 Å². The number of hydrogen-bond acceptors (Lipinski definition) is 6. The summed E-state index contributed by atoms with van der Waals surface area (Å²) in [5, 5.41) is 15.3. The lowest BCUT2D eigenvalue weighted by atomic mass is 10.2. The van der Waals surface area contributed by atoms with Crippen LogP contribution in [-0.2, 0) is 6.54 Å². The fourth-order valence-corrected chi connectivity index (χ4v) is 2.07. The van der Waals surface area contributed by atoms with E-state index in [1.54, 1.807) is 10.8 Å². The van der Waals surface area contributed by atoms with Crippen LogP contribution in [0.3, 0.4) is 0 Å². The minimum absolute atomic E-state index is 0.290. The van der Waals surface area contributed by atoms with Crippen molar-refractivity contribution in [2.24, 2.45) is 0 Å². The number of nitrogens with one attached hydrogen (secondary N) is 1. The Morgan fingerprint density at radius 3 is 3.10 bits per heavy atom. The molecule has 1 aliphatic heterocycles. The van der Waals surface area contributed by atoms with Crippen molar-refractivity contribution in [2.75, 3.05) is 12.1 Å². The summed E-state index contributed by atoms with van der Waals surface area (Å²) >= 11 is 0. The lowest BCUT2D eigenvalue weighted by Gasteiger charge is -2.06. The normalized spacial score (nSPS) is 12.8. The van der Waals surface area contributed by atoms with Crippen LogP contribution in [0.1, 0.15) is 5.56 Å². The highest BCUT2D eigenvalue weighted by molar-refractivity contribution is 5.47. The molecular weight excluding hydrogens is 258 g/mol. The number of rotatable bonds is 3. The van der Waals surface area contributed by atoms with Crippen molar-refractivity contribution in [1.29, 1.82) is 0 Å². The van der Waals surface area contributed by atoms with Crippen LogP contribution < -0.4 is 14.8 Å². The van der Waals surface area contributed by atoms with E-state index in [0.29, 0.717) is 6.54 Å². The maximum absolute atomic E-state index is 5.35. The minimum Gasteiger partial charge on any atom is -0.454 e. The Balaban J connectivity index is 1.52. The second-order valence-electron chi connectivity index (χ2n) is 4.39. The van der Waals surface area contributed by atoms with Gasteiger partial charge in [0.05, 0.1) is 0 Å². The Morgan fingerprint density at radius 2 is 2.10 bits per heavy atom. The van der Waals surface area contributed by atoms with E-state index in [1.807, 2.05) is 30.3 Å². The van der Waals surface area contributed by atoms with Gasteiger partial charge in [0, 0.05) is 6.54 Å². The predicted octanol–water partition coefficient (Wildman–Crippen LogP) is 1.47. The fraction of sp³-hybridized carbons (Fsp3) is 0.154. The van der Waals surface area contributed by atoms with Crippen LogP contribution in [0.5, 0.6) is 11.5 Å². The third-order valence-electron chi connectivity index (χ3n) is 3.07. The van der Waals surface area contributed by atoms with Crippen molar-refractivity contribution < 1.29 is 9.47 Å². The molecule has 0 aliphatic carbocycles. The second kappa shape index (κ2) is 4.37. The van der Waals surface area contributed by atoms with Crippen molar-refractivity contribution in [3.8, 4) is 11.5 Å². The maximum Gasteiger partial charge on any atom is 0.231 e. The third-order valence-corrected chi connectivity index (χ3v) is 3.07. The first kappa shape index (κ1) is 11.0. The highest BCUT2D eigenvalue weighted by Crippen LogP contribution is 2.32. The fourth-order valence-electron chi connectivity index (χ4n) is 2.07. The molecule has 7 nitrogen and oxygen atoms in total. The smallest absolute Gasteiger partial charge is 0.231 e. The summed E-state index contributed by atoms with van der Waals surface area (Å²) in [7, 11) is 0. The highest BCUT2D eigenvalue weighted by Gasteiger charge is 2.12. The molecule has 3 heterocycles. The molecule has 0 unspecified atom stereocenters. The van der Waals surface area contributed by atoms with Gasteiger partial charge in [0.2, 0.25) is 6.79 Å². The average Bonchev–Trinajstić information content (AvgIpc) is 3.12. The van der Waals surface area contributed by atoms with E-state index in [4.69, 9.17) is 9.47 Å². The van der Waals surface area contributed by atoms with Crippen LogP contribution in [0, 0.1) is 0 Å². The number of ether oxygens (including phenoxy) is 2. The zero-order chi connectivity index (χ0) is 13.4. The zero-order valence-electron chi connectivity index (χ0n) is 10.5. The first-order valence-electron chi connectivity index (χ1n) is 6.18. The molecular formula is C13H11N5O2. The summed E-state index contributed by atoms with van der Waals surface area (Å²) in [6.45, 7) is 0.940. The number of fused-ring (bicyclic) bond motifs is 2. The highest BCUT2D eigenvalue weighted by atomic mass is 16.7. The van der Waals surface area contributed by atoms with Crippen LogP contribution in [0.4, 0.5) is 5.82 Å². The van der Waals surface area contributed by atoms with Crippen LogP contribution in [-0.4, -0.2) is 26.6 Å². The van der Waals surface area contributed by atoms with Gasteiger partial charge >= 0.3 is 0 Å². The molecule has 0 radical (unpaired) electrons. The van der Waals surface area contributed by atoms with Gasteiger partial charge in [-0.05, 0) is 29.8 Å². The van der Waals surface area contributed by atoms with E-state index in [0.717, 1.165) is 28.5 Å². The topological polar surface area (TPSA) is 73.6 Å². The maximum atomic E-state index is 5.35. The van der Waals surface area contributed by atoms with Crippen molar-refractivity contribution in [2.45, 2.75) is 6.54 Å². The summed E-state index contributed by atoms with van der Waals surface area (Å²) in [5.74, 6) is 2.33. The molecule has 2 aromatic heterocycles. The lowest BCUT2D eigenvalue weighted by molar-refractivity contribution is 0.174. The van der Waals surface area contributed by atoms with Gasteiger partial charge in [0.15, 0.2) is 17.1 Å². The molecule has 1 aromatic carbocycles. The molecule has 0 bridgehead atoms. The Labute approximate surface area is 114 Å². The molecule has 0 saturated carbocycles. The van der Waals surface area contributed by atoms with E-state index < -0.39 is 0 Å². The molecule has 3 aromatic rings. The quantitative estimate of drug-likeness (QED) is 0.776. The van der Waals surface area contributed by atoms with Crippen LogP contribution >= 0.6 is 0 Å². The molecule has 0 fully saturated rings. The molecule has 0 saturated heterocycles. The van der Waals surface area contributed by atoms with Gasteiger partial charge < -0.3 is 14.8 Å². The molecule has 0 spiro atoms. The van der Waals surface area contributed by atoms with Crippen molar-refractivity contribution >= 4 is 11.5 Å². The van der Waals surface area contributed by atoms with Crippen molar-refractivity contribution in [3.05, 3.63) is 42.2 Å². The van der Waals surface area contributed by atoms with Crippen LogP contribution in [0.15, 0.2) is 36.7 Å². The van der Waals surface area contributed by atoms with Gasteiger partial charge in [-0.3, -0.25) is 0 Å². The monoisotopic (exact) mass is 269 g/mol. The summed E-state index contributed by atoms with van der Waals surface area (Å²) < 4.78 is 12.3. The van der Waals surface area contributed by atoms with Crippen LogP contribution in [0.25, 0.3) is 5.65 Å². The molecule has 4 rings (SSSR count). The van der Waals surface area contributed by atoms with E-state index >= 15 is 0 Å². The molecule has 100 valence electrons. The van der Waals surface area contributed by atoms with Gasteiger partial charge in [-0.2, -0.15) is 4.52 Å². The Bertz CT molecular complexity index is 770. The minimum atomic E-state index is 0.290. The average molecular weight is 269 g/mol. The molecule has 7 heteroatoms. The Morgan fingerprint density at radius 1 is 1.15 bits per heavy atom. The Hall–Kier alpha value is -2.83. The van der Waals surface area contributed by atoms with Crippen molar-refractivity contribution in [3.63, 3.8) is 0 Å². The van der Waals surface area contributed by atoms with Gasteiger partial charge in [-0.1, -0.05) is 6.07 Å².